The molecule has 0 amide bonds. The lowest BCUT2D eigenvalue weighted by molar-refractivity contribution is -0.0498. The van der Waals surface area contributed by atoms with Gasteiger partial charge in [0.25, 0.3) is 0 Å². The summed E-state index contributed by atoms with van der Waals surface area (Å²) in [5.74, 6) is 2.62. The lowest BCUT2D eigenvalue weighted by Crippen LogP contribution is -2.18. The zero-order valence-electron chi connectivity index (χ0n) is 11.1. The van der Waals surface area contributed by atoms with Crippen molar-refractivity contribution in [2.45, 2.75) is 30.8 Å². The van der Waals surface area contributed by atoms with Gasteiger partial charge >= 0.3 is 6.61 Å². The maximum atomic E-state index is 12.5. The van der Waals surface area contributed by atoms with Gasteiger partial charge in [-0.15, -0.1) is 0 Å². The molecule has 0 radical (unpaired) electrons. The van der Waals surface area contributed by atoms with Gasteiger partial charge in [0.2, 0.25) is 0 Å². The second-order valence-corrected chi connectivity index (χ2v) is 7.22. The minimum atomic E-state index is -2.77. The van der Waals surface area contributed by atoms with E-state index in [1.807, 2.05) is 24.3 Å². The van der Waals surface area contributed by atoms with Gasteiger partial charge in [-0.2, -0.15) is 8.78 Å². The molecule has 1 nitrogen and oxygen atoms in total. The van der Waals surface area contributed by atoms with Crippen LogP contribution in [0.15, 0.2) is 41.3 Å². The molecule has 1 saturated heterocycles. The maximum absolute atomic E-state index is 12.5. The van der Waals surface area contributed by atoms with Gasteiger partial charge in [-0.05, 0) is 36.8 Å². The monoisotopic (exact) mass is 295 g/mol. The van der Waals surface area contributed by atoms with Gasteiger partial charge in [0, 0.05) is 22.3 Å². The Morgan fingerprint density at radius 3 is 2.50 bits per heavy atom. The van der Waals surface area contributed by atoms with E-state index in [9.17, 15) is 8.78 Å². The molecule has 20 heavy (non-hydrogen) atoms. The molecule has 0 aromatic heterocycles. The molecule has 1 aliphatic rings. The van der Waals surface area contributed by atoms with Crippen LogP contribution in [0, 0.1) is 0 Å². The van der Waals surface area contributed by atoms with Gasteiger partial charge in [-0.1, -0.05) is 18.2 Å². The first-order chi connectivity index (χ1) is 9.74. The minimum Gasteiger partial charge on any atom is -0.435 e. The Hall–Kier alpha value is -1.29. The van der Waals surface area contributed by atoms with Gasteiger partial charge in [0.1, 0.15) is 17.3 Å². The number of benzene rings is 2. The normalized spacial score (nSPS) is 16.8. The summed E-state index contributed by atoms with van der Waals surface area (Å²) in [7, 11) is 0.167. The number of ether oxygens (including phenoxy) is 1. The molecule has 0 saturated carbocycles. The van der Waals surface area contributed by atoms with Crippen molar-refractivity contribution in [3.05, 3.63) is 36.4 Å². The Morgan fingerprint density at radius 2 is 1.75 bits per heavy atom. The van der Waals surface area contributed by atoms with Crippen molar-refractivity contribution in [1.82, 2.24) is 0 Å². The van der Waals surface area contributed by atoms with Crippen molar-refractivity contribution < 1.29 is 13.5 Å². The van der Waals surface area contributed by atoms with Crippen LogP contribution in [0.2, 0.25) is 0 Å². The smallest absolute Gasteiger partial charge is 0.387 e. The number of hydrogen-bond donors (Lipinski definition) is 0. The van der Waals surface area contributed by atoms with Crippen LogP contribution in [-0.2, 0) is 10.9 Å². The van der Waals surface area contributed by atoms with Crippen LogP contribution < -0.4 is 4.74 Å². The van der Waals surface area contributed by atoms with Crippen LogP contribution in [0.3, 0.4) is 0 Å². The van der Waals surface area contributed by atoms with Crippen molar-refractivity contribution >= 4 is 21.7 Å². The zero-order valence-corrected chi connectivity index (χ0v) is 12.0. The summed E-state index contributed by atoms with van der Waals surface area (Å²) in [5.41, 5.74) is 0. The molecule has 1 heterocycles. The second kappa shape index (κ2) is 6.00. The number of rotatable bonds is 3. The molecule has 1 fully saturated rings. The Bertz CT molecular complexity index is 594. The highest BCUT2D eigenvalue weighted by Crippen LogP contribution is 2.33. The van der Waals surface area contributed by atoms with Crippen LogP contribution in [0.25, 0.3) is 10.8 Å². The quantitative estimate of drug-likeness (QED) is 0.752. The molecular weight excluding hydrogens is 278 g/mol. The van der Waals surface area contributed by atoms with Crippen molar-refractivity contribution in [3.63, 3.8) is 0 Å². The van der Waals surface area contributed by atoms with Gasteiger partial charge in [0.05, 0.1) is 0 Å². The van der Waals surface area contributed by atoms with E-state index in [1.54, 1.807) is 6.07 Å². The lowest BCUT2D eigenvalue weighted by atomic mass is 10.1. The summed E-state index contributed by atoms with van der Waals surface area (Å²) in [6.07, 6.45) is 3.75. The molecule has 0 unspecified atom stereocenters. The predicted molar refractivity (Wildman–Crippen MR) is 79.8 cm³/mol. The Kier molecular flexibility index (Phi) is 4.10. The number of halogens is 2. The average molecular weight is 295 g/mol. The molecule has 0 aliphatic carbocycles. The van der Waals surface area contributed by atoms with Crippen molar-refractivity contribution in [3.8, 4) is 5.75 Å². The van der Waals surface area contributed by atoms with E-state index in [1.165, 1.54) is 41.0 Å². The molecule has 3 rings (SSSR count). The third-order valence-corrected chi connectivity index (χ3v) is 6.14. The summed E-state index contributed by atoms with van der Waals surface area (Å²) in [6.45, 7) is -2.77. The van der Waals surface area contributed by atoms with Crippen LogP contribution in [-0.4, -0.2) is 18.1 Å². The largest absolute Gasteiger partial charge is 0.435 e. The zero-order chi connectivity index (χ0) is 13.9. The first-order valence-corrected chi connectivity index (χ1v) is 8.45. The van der Waals surface area contributed by atoms with Gasteiger partial charge in [0.15, 0.2) is 4.90 Å². The summed E-state index contributed by atoms with van der Waals surface area (Å²) >= 11 is 0. The standard InChI is InChI=1S/C16H17F2OS/c17-16(18)19-13-10-12-6-2-3-7-14(12)15(11-13)20-8-4-1-5-9-20/h2-3,6-7,10-11,16H,1,4-5,8-9H2/q+1. The van der Waals surface area contributed by atoms with E-state index in [0.29, 0.717) is 0 Å². The second-order valence-electron chi connectivity index (χ2n) is 4.98. The van der Waals surface area contributed by atoms with Crippen LogP contribution >= 0.6 is 0 Å². The molecule has 106 valence electrons. The van der Waals surface area contributed by atoms with Crippen molar-refractivity contribution in [2.75, 3.05) is 11.5 Å². The van der Waals surface area contributed by atoms with E-state index in [0.717, 1.165) is 5.39 Å². The molecule has 0 N–H and O–H groups in total. The fraction of sp³-hybridized carbons (Fsp3) is 0.375. The van der Waals surface area contributed by atoms with Crippen LogP contribution in [0.1, 0.15) is 19.3 Å². The summed E-state index contributed by atoms with van der Waals surface area (Å²) in [4.78, 5) is 1.19. The molecular formula is C16H17F2OS+. The highest BCUT2D eigenvalue weighted by atomic mass is 32.2. The first kappa shape index (κ1) is 13.7. The molecule has 4 heteroatoms. The van der Waals surface area contributed by atoms with Gasteiger partial charge in [-0.25, -0.2) is 0 Å². The van der Waals surface area contributed by atoms with E-state index in [4.69, 9.17) is 0 Å². The Morgan fingerprint density at radius 1 is 1.00 bits per heavy atom. The van der Waals surface area contributed by atoms with E-state index < -0.39 is 6.61 Å². The Balaban J connectivity index is 2.06. The predicted octanol–water partition coefficient (Wildman–Crippen LogP) is 4.60. The Labute approximate surface area is 120 Å². The number of hydrogen-bond acceptors (Lipinski definition) is 1. The summed E-state index contributed by atoms with van der Waals surface area (Å²) in [6, 6.07) is 11.5. The number of alkyl halides is 2. The summed E-state index contributed by atoms with van der Waals surface area (Å²) < 4.78 is 29.6. The maximum Gasteiger partial charge on any atom is 0.387 e. The van der Waals surface area contributed by atoms with Crippen molar-refractivity contribution in [1.29, 1.82) is 0 Å². The third-order valence-electron chi connectivity index (χ3n) is 3.62. The van der Waals surface area contributed by atoms with E-state index in [-0.39, 0.29) is 16.6 Å². The molecule has 0 spiro atoms. The fourth-order valence-electron chi connectivity index (χ4n) is 2.71. The van der Waals surface area contributed by atoms with Crippen LogP contribution in [0.4, 0.5) is 8.78 Å². The summed E-state index contributed by atoms with van der Waals surface area (Å²) in [5, 5.41) is 2.16. The first-order valence-electron chi connectivity index (χ1n) is 6.89. The molecule has 1 aliphatic heterocycles. The van der Waals surface area contributed by atoms with Gasteiger partial charge in [-0.3, -0.25) is 0 Å². The molecule has 2 aromatic carbocycles. The molecule has 2 aromatic rings. The minimum absolute atomic E-state index is 0.167. The number of fused-ring (bicyclic) bond motifs is 1. The molecule has 0 atom stereocenters. The fourth-order valence-corrected chi connectivity index (χ4v) is 5.24. The third kappa shape index (κ3) is 2.90. The van der Waals surface area contributed by atoms with Gasteiger partial charge < -0.3 is 4.74 Å². The highest BCUT2D eigenvalue weighted by Gasteiger charge is 2.27. The van der Waals surface area contributed by atoms with E-state index in [2.05, 4.69) is 10.8 Å². The van der Waals surface area contributed by atoms with Crippen LogP contribution in [0.5, 0.6) is 5.75 Å². The lowest BCUT2D eigenvalue weighted by Gasteiger charge is -2.16. The SMILES string of the molecule is FC(F)Oc1cc([S+]2CCCCC2)c2ccccc2c1. The molecule has 0 bridgehead atoms. The van der Waals surface area contributed by atoms with Crippen molar-refractivity contribution in [2.24, 2.45) is 0 Å². The van der Waals surface area contributed by atoms with E-state index >= 15 is 0 Å². The highest BCUT2D eigenvalue weighted by molar-refractivity contribution is 7.97. The average Bonchev–Trinajstić information content (AvgIpc) is 2.47. The topological polar surface area (TPSA) is 9.23 Å².